The van der Waals surface area contributed by atoms with Gasteiger partial charge in [0.05, 0.1) is 11.3 Å². The Bertz CT molecular complexity index is 664. The number of nitrogens with one attached hydrogen (secondary N) is 2. The van der Waals surface area contributed by atoms with Crippen molar-refractivity contribution in [2.75, 3.05) is 11.9 Å². The van der Waals surface area contributed by atoms with Crippen molar-refractivity contribution in [1.82, 2.24) is 9.97 Å². The van der Waals surface area contributed by atoms with Crippen molar-refractivity contribution in [3.8, 4) is 0 Å². The Morgan fingerprint density at radius 3 is 2.90 bits per heavy atom. The number of thioether (sulfide) groups is 1. The maximum atomic E-state index is 12.0. The van der Waals surface area contributed by atoms with Gasteiger partial charge in [-0.1, -0.05) is 17.7 Å². The number of aromatic amines is 1. The van der Waals surface area contributed by atoms with Gasteiger partial charge in [-0.3, -0.25) is 4.79 Å². The summed E-state index contributed by atoms with van der Waals surface area (Å²) in [6, 6.07) is 8.36. The predicted molar refractivity (Wildman–Crippen MR) is 82.4 cm³/mol. The van der Waals surface area contributed by atoms with Crippen LogP contribution in [0.15, 0.2) is 34.0 Å². The summed E-state index contributed by atoms with van der Waals surface area (Å²) in [5, 5.41) is 3.21. The van der Waals surface area contributed by atoms with Crippen molar-refractivity contribution >= 4 is 17.6 Å². The van der Waals surface area contributed by atoms with Crippen molar-refractivity contribution in [2.45, 2.75) is 30.4 Å². The van der Waals surface area contributed by atoms with Crippen molar-refractivity contribution in [2.24, 2.45) is 0 Å². The van der Waals surface area contributed by atoms with E-state index in [1.165, 1.54) is 10.5 Å². The molecule has 0 saturated heterocycles. The topological polar surface area (TPSA) is 57.8 Å². The van der Waals surface area contributed by atoms with E-state index in [1.807, 2.05) is 0 Å². The van der Waals surface area contributed by atoms with Crippen LogP contribution in [-0.4, -0.2) is 16.5 Å². The highest BCUT2D eigenvalue weighted by Crippen LogP contribution is 2.22. The molecule has 2 heterocycles. The van der Waals surface area contributed by atoms with E-state index in [0.717, 1.165) is 36.6 Å². The molecule has 104 valence electrons. The molecule has 0 fully saturated rings. The average Bonchev–Trinajstić information content (AvgIpc) is 2.47. The first-order valence-corrected chi connectivity index (χ1v) is 7.76. The third kappa shape index (κ3) is 2.88. The molecule has 0 radical (unpaired) electrons. The molecule has 5 heteroatoms. The van der Waals surface area contributed by atoms with Crippen molar-refractivity contribution in [1.29, 1.82) is 0 Å². The summed E-state index contributed by atoms with van der Waals surface area (Å²) in [5.41, 5.74) is 2.04. The highest BCUT2D eigenvalue weighted by Gasteiger charge is 2.14. The van der Waals surface area contributed by atoms with Crippen LogP contribution in [0.1, 0.15) is 23.4 Å². The largest absolute Gasteiger partial charge is 0.370 e. The predicted octanol–water partition coefficient (Wildman–Crippen LogP) is 2.73. The second kappa shape index (κ2) is 5.71. The van der Waals surface area contributed by atoms with Crippen LogP contribution in [0.5, 0.6) is 0 Å². The molecule has 1 aliphatic heterocycles. The fraction of sp³-hybridized carbons (Fsp3) is 0.333. The quantitative estimate of drug-likeness (QED) is 0.852. The maximum Gasteiger partial charge on any atom is 0.256 e. The van der Waals surface area contributed by atoms with Crippen LogP contribution < -0.4 is 10.9 Å². The Labute approximate surface area is 122 Å². The zero-order chi connectivity index (χ0) is 13.9. The molecule has 0 unspecified atom stereocenters. The molecule has 3 rings (SSSR count). The van der Waals surface area contributed by atoms with Crippen LogP contribution in [0, 0.1) is 6.92 Å². The summed E-state index contributed by atoms with van der Waals surface area (Å²) in [5.74, 6) is 2.17. The Kier molecular flexibility index (Phi) is 3.78. The van der Waals surface area contributed by atoms with E-state index >= 15 is 0 Å². The van der Waals surface area contributed by atoms with E-state index in [1.54, 1.807) is 11.8 Å². The molecule has 2 aromatic rings. The molecule has 0 bridgehead atoms. The molecule has 2 N–H and O–H groups in total. The highest BCUT2D eigenvalue weighted by atomic mass is 32.2. The molecular formula is C15H17N3OS. The number of hydrogen-bond acceptors (Lipinski definition) is 4. The van der Waals surface area contributed by atoms with Crippen LogP contribution in [-0.2, 0) is 12.2 Å². The van der Waals surface area contributed by atoms with E-state index < -0.39 is 0 Å². The summed E-state index contributed by atoms with van der Waals surface area (Å²) in [6.07, 6.45) is 1.81. The molecular weight excluding hydrogens is 270 g/mol. The number of H-pyrrole nitrogens is 1. The molecule has 0 atom stereocenters. The molecule has 1 aliphatic rings. The molecule has 4 nitrogen and oxygen atoms in total. The molecule has 20 heavy (non-hydrogen) atoms. The van der Waals surface area contributed by atoms with Crippen molar-refractivity contribution < 1.29 is 0 Å². The Hall–Kier alpha value is -1.75. The van der Waals surface area contributed by atoms with Gasteiger partial charge in [0.15, 0.2) is 0 Å². The lowest BCUT2D eigenvalue weighted by Crippen LogP contribution is -2.24. The van der Waals surface area contributed by atoms with E-state index in [0.29, 0.717) is 5.75 Å². The molecule has 0 saturated carbocycles. The molecule has 1 aromatic carbocycles. The fourth-order valence-electron chi connectivity index (χ4n) is 2.25. The first-order chi connectivity index (χ1) is 9.72. The minimum Gasteiger partial charge on any atom is -0.370 e. The van der Waals surface area contributed by atoms with Crippen LogP contribution in [0.25, 0.3) is 0 Å². The van der Waals surface area contributed by atoms with Crippen LogP contribution in [0.2, 0.25) is 0 Å². The third-order valence-corrected chi connectivity index (χ3v) is 4.38. The van der Waals surface area contributed by atoms with Gasteiger partial charge in [-0.2, -0.15) is 0 Å². The second-order valence-corrected chi connectivity index (χ2v) is 6.02. The standard InChI is InChI=1S/C15H17N3OS/c1-10-4-6-11(7-5-10)20-9-13-17-14-12(15(19)18-13)3-2-8-16-14/h4-7H,2-3,8-9H2,1H3,(H2,16,17,18,19). The summed E-state index contributed by atoms with van der Waals surface area (Å²) in [7, 11) is 0. The Morgan fingerprint density at radius 1 is 1.30 bits per heavy atom. The van der Waals surface area contributed by atoms with Gasteiger partial charge in [-0.05, 0) is 31.9 Å². The number of hydrogen-bond donors (Lipinski definition) is 2. The van der Waals surface area contributed by atoms with Gasteiger partial charge in [0.1, 0.15) is 11.6 Å². The second-order valence-electron chi connectivity index (χ2n) is 4.97. The molecule has 1 aromatic heterocycles. The lowest BCUT2D eigenvalue weighted by Gasteiger charge is -2.16. The molecule has 0 aliphatic carbocycles. The summed E-state index contributed by atoms with van der Waals surface area (Å²) in [6.45, 7) is 2.97. The summed E-state index contributed by atoms with van der Waals surface area (Å²) in [4.78, 5) is 20.6. The zero-order valence-corrected chi connectivity index (χ0v) is 12.2. The van der Waals surface area contributed by atoms with Gasteiger partial charge >= 0.3 is 0 Å². The molecule has 0 spiro atoms. The Balaban J connectivity index is 1.76. The summed E-state index contributed by atoms with van der Waals surface area (Å²) < 4.78 is 0. The number of benzene rings is 1. The normalized spacial score (nSPS) is 13.7. The van der Waals surface area contributed by atoms with Gasteiger partial charge in [-0.25, -0.2) is 4.98 Å². The number of anilines is 1. The van der Waals surface area contributed by atoms with Gasteiger partial charge in [0, 0.05) is 11.4 Å². The number of nitrogens with zero attached hydrogens (tertiary/aromatic N) is 1. The van der Waals surface area contributed by atoms with Crippen LogP contribution in [0.4, 0.5) is 5.82 Å². The number of aromatic nitrogens is 2. The van der Waals surface area contributed by atoms with E-state index in [2.05, 4.69) is 46.5 Å². The van der Waals surface area contributed by atoms with Gasteiger partial charge in [-0.15, -0.1) is 11.8 Å². The van der Waals surface area contributed by atoms with Gasteiger partial charge < -0.3 is 10.3 Å². The lowest BCUT2D eigenvalue weighted by atomic mass is 10.1. The van der Waals surface area contributed by atoms with Crippen LogP contribution >= 0.6 is 11.8 Å². The first kappa shape index (κ1) is 13.2. The minimum atomic E-state index is 0.00158. The average molecular weight is 287 g/mol. The minimum absolute atomic E-state index is 0.00158. The molecule has 0 amide bonds. The van der Waals surface area contributed by atoms with Gasteiger partial charge in [0.25, 0.3) is 5.56 Å². The van der Waals surface area contributed by atoms with E-state index in [4.69, 9.17) is 0 Å². The monoisotopic (exact) mass is 287 g/mol. The zero-order valence-electron chi connectivity index (χ0n) is 11.4. The highest BCUT2D eigenvalue weighted by molar-refractivity contribution is 7.98. The van der Waals surface area contributed by atoms with Crippen molar-refractivity contribution in [3.05, 3.63) is 51.6 Å². The SMILES string of the molecule is Cc1ccc(SCc2nc3c(c(=O)[nH]2)CCCN3)cc1. The van der Waals surface area contributed by atoms with Crippen molar-refractivity contribution in [3.63, 3.8) is 0 Å². The number of aryl methyl sites for hydroxylation is 1. The summed E-state index contributed by atoms with van der Waals surface area (Å²) >= 11 is 1.68. The fourth-order valence-corrected chi connectivity index (χ4v) is 3.02. The Morgan fingerprint density at radius 2 is 2.10 bits per heavy atom. The maximum absolute atomic E-state index is 12.0. The van der Waals surface area contributed by atoms with E-state index in [9.17, 15) is 4.79 Å². The third-order valence-electron chi connectivity index (χ3n) is 3.36. The number of fused-ring (bicyclic) bond motifs is 1. The van der Waals surface area contributed by atoms with Gasteiger partial charge in [0.2, 0.25) is 0 Å². The number of rotatable bonds is 3. The lowest BCUT2D eigenvalue weighted by molar-refractivity contribution is 0.789. The first-order valence-electron chi connectivity index (χ1n) is 6.78. The van der Waals surface area contributed by atoms with Crippen LogP contribution in [0.3, 0.4) is 0 Å². The smallest absolute Gasteiger partial charge is 0.256 e. The van der Waals surface area contributed by atoms with E-state index in [-0.39, 0.29) is 5.56 Å².